The maximum atomic E-state index is 4.58. The van der Waals surface area contributed by atoms with E-state index in [1.165, 1.54) is 12.1 Å². The fourth-order valence-electron chi connectivity index (χ4n) is 1.90. The molecule has 1 aliphatic heterocycles. The number of aromatic nitrogens is 2. The van der Waals surface area contributed by atoms with Crippen LogP contribution in [0.2, 0.25) is 0 Å². The van der Waals surface area contributed by atoms with E-state index in [2.05, 4.69) is 28.5 Å². The van der Waals surface area contributed by atoms with E-state index in [4.69, 9.17) is 0 Å². The molecule has 0 amide bonds. The van der Waals surface area contributed by atoms with E-state index in [1.54, 1.807) is 6.08 Å². The highest BCUT2D eigenvalue weighted by Crippen LogP contribution is 2.21. The third-order valence-electron chi connectivity index (χ3n) is 2.68. The minimum absolute atomic E-state index is 1.07. The predicted molar refractivity (Wildman–Crippen MR) is 74.9 cm³/mol. The molecule has 0 aliphatic carbocycles. The quantitative estimate of drug-likeness (QED) is 0.718. The van der Waals surface area contributed by atoms with Crippen LogP contribution in [0, 0.1) is 0 Å². The van der Waals surface area contributed by atoms with Crippen LogP contribution in [0.5, 0.6) is 0 Å². The van der Waals surface area contributed by atoms with E-state index >= 15 is 0 Å². The van der Waals surface area contributed by atoms with Crippen LogP contribution in [0.25, 0.3) is 5.57 Å². The summed E-state index contributed by atoms with van der Waals surface area (Å²) < 4.78 is 2.11. The first kappa shape index (κ1) is 13.5. The number of rotatable bonds is 3. The van der Waals surface area contributed by atoms with Gasteiger partial charge in [-0.25, -0.2) is 0 Å². The Balaban J connectivity index is 0.000000686. The van der Waals surface area contributed by atoms with Crippen molar-refractivity contribution in [2.75, 3.05) is 0 Å². The molecule has 0 saturated heterocycles. The van der Waals surface area contributed by atoms with Crippen molar-refractivity contribution in [3.63, 3.8) is 0 Å². The second-order valence-corrected chi connectivity index (χ2v) is 3.69. The van der Waals surface area contributed by atoms with Gasteiger partial charge in [-0.15, -0.1) is 0 Å². The lowest BCUT2D eigenvalue weighted by Gasteiger charge is -1.96. The maximum absolute atomic E-state index is 4.58. The Morgan fingerprint density at radius 2 is 2.24 bits per heavy atom. The van der Waals surface area contributed by atoms with E-state index < -0.39 is 0 Å². The summed E-state index contributed by atoms with van der Waals surface area (Å²) in [7, 11) is 0. The van der Waals surface area contributed by atoms with Gasteiger partial charge in [0.05, 0.1) is 5.69 Å². The molecule has 92 valence electrons. The first-order valence-corrected chi connectivity index (χ1v) is 6.37. The largest absolute Gasteiger partial charge is 0.269 e. The van der Waals surface area contributed by atoms with Crippen molar-refractivity contribution in [2.24, 2.45) is 0 Å². The van der Waals surface area contributed by atoms with Gasteiger partial charge in [0.2, 0.25) is 0 Å². The third kappa shape index (κ3) is 3.19. The molecule has 1 aromatic heterocycles. The van der Waals surface area contributed by atoms with Crippen LogP contribution in [-0.2, 0) is 13.0 Å². The number of aryl methyl sites for hydroxylation is 2. The van der Waals surface area contributed by atoms with Crippen LogP contribution in [0.15, 0.2) is 36.9 Å². The van der Waals surface area contributed by atoms with Gasteiger partial charge in [0.25, 0.3) is 0 Å². The second-order valence-electron chi connectivity index (χ2n) is 3.69. The van der Waals surface area contributed by atoms with E-state index in [-0.39, 0.29) is 0 Å². The highest BCUT2D eigenvalue weighted by molar-refractivity contribution is 5.71. The van der Waals surface area contributed by atoms with Crippen molar-refractivity contribution in [2.45, 2.75) is 40.2 Å². The van der Waals surface area contributed by atoms with Crippen LogP contribution in [0.1, 0.15) is 38.6 Å². The highest BCUT2D eigenvalue weighted by atomic mass is 15.3. The Hall–Kier alpha value is -1.57. The lowest BCUT2D eigenvalue weighted by molar-refractivity contribution is 0.654. The van der Waals surface area contributed by atoms with Crippen LogP contribution >= 0.6 is 0 Å². The summed E-state index contributed by atoms with van der Waals surface area (Å²) in [5.74, 6) is 0. The Bertz CT molecular complexity index is 401. The molecule has 1 aromatic rings. The highest BCUT2D eigenvalue weighted by Gasteiger charge is 2.14. The Morgan fingerprint density at radius 1 is 1.47 bits per heavy atom. The fourth-order valence-corrected chi connectivity index (χ4v) is 1.90. The minimum atomic E-state index is 1.07. The summed E-state index contributed by atoms with van der Waals surface area (Å²) >= 11 is 0. The number of fused-ring (bicyclic) bond motifs is 1. The van der Waals surface area contributed by atoms with Gasteiger partial charge in [-0.2, -0.15) is 5.10 Å². The van der Waals surface area contributed by atoms with Gasteiger partial charge < -0.3 is 0 Å². The zero-order valence-corrected chi connectivity index (χ0v) is 11.1. The van der Waals surface area contributed by atoms with Crippen molar-refractivity contribution in [1.82, 2.24) is 9.78 Å². The normalized spacial score (nSPS) is 14.4. The molecule has 0 unspecified atom stereocenters. The molecular weight excluding hydrogens is 208 g/mol. The average Bonchev–Trinajstić information content (AvgIpc) is 2.93. The van der Waals surface area contributed by atoms with Gasteiger partial charge >= 0.3 is 0 Å². The van der Waals surface area contributed by atoms with Crippen LogP contribution in [0.4, 0.5) is 0 Å². The molecular formula is C15H22N2. The number of hydrogen-bond donors (Lipinski definition) is 0. The first-order chi connectivity index (χ1) is 8.35. The van der Waals surface area contributed by atoms with Gasteiger partial charge in [-0.3, -0.25) is 4.68 Å². The molecule has 0 radical (unpaired) electrons. The molecule has 2 rings (SSSR count). The molecule has 0 bridgehead atoms. The monoisotopic (exact) mass is 230 g/mol. The molecule has 2 heterocycles. The predicted octanol–water partition coefficient (Wildman–Crippen LogP) is 4.00. The van der Waals surface area contributed by atoms with Crippen LogP contribution in [-0.4, -0.2) is 9.78 Å². The molecule has 2 heteroatoms. The summed E-state index contributed by atoms with van der Waals surface area (Å²) in [5.41, 5.74) is 3.60. The number of allylic oxidation sites excluding steroid dienone is 5. The van der Waals surface area contributed by atoms with Crippen molar-refractivity contribution in [3.05, 3.63) is 48.3 Å². The zero-order chi connectivity index (χ0) is 12.7. The summed E-state index contributed by atoms with van der Waals surface area (Å²) in [6, 6.07) is 2.19. The Kier molecular flexibility index (Phi) is 5.47. The second kappa shape index (κ2) is 6.89. The molecule has 0 N–H and O–H groups in total. The smallest absolute Gasteiger partial charge is 0.0922 e. The van der Waals surface area contributed by atoms with Gasteiger partial charge in [0.1, 0.15) is 0 Å². The van der Waals surface area contributed by atoms with Crippen molar-refractivity contribution < 1.29 is 0 Å². The zero-order valence-electron chi connectivity index (χ0n) is 11.1. The lowest BCUT2D eigenvalue weighted by Crippen LogP contribution is -1.95. The van der Waals surface area contributed by atoms with Crippen molar-refractivity contribution in [3.8, 4) is 0 Å². The van der Waals surface area contributed by atoms with E-state index in [0.29, 0.717) is 0 Å². The van der Waals surface area contributed by atoms with Crippen LogP contribution in [0.3, 0.4) is 0 Å². The van der Waals surface area contributed by atoms with Gasteiger partial charge in [0.15, 0.2) is 0 Å². The van der Waals surface area contributed by atoms with Crippen molar-refractivity contribution in [1.29, 1.82) is 0 Å². The average molecular weight is 230 g/mol. The standard InChI is InChI=1S/C13H16N2.C2H6/c1-3-5-7-11(4-2)13-10-12-8-6-9-15(12)14-13;1-2/h3-5,7,10H,1,6,8-9H2,2H3;1-2H3/b7-5-,11-4+;. The van der Waals surface area contributed by atoms with E-state index in [9.17, 15) is 0 Å². The molecule has 0 spiro atoms. The maximum Gasteiger partial charge on any atom is 0.0922 e. The SMILES string of the molecule is C=C/C=C\C(=C/C)c1cc2n(n1)CCC2.CC. The molecule has 1 aliphatic rings. The number of nitrogens with zero attached hydrogens (tertiary/aromatic N) is 2. The van der Waals surface area contributed by atoms with Gasteiger partial charge in [0, 0.05) is 12.2 Å². The fraction of sp³-hybridized carbons (Fsp3) is 0.400. The molecule has 2 nitrogen and oxygen atoms in total. The summed E-state index contributed by atoms with van der Waals surface area (Å²) in [5, 5.41) is 4.58. The lowest BCUT2D eigenvalue weighted by atomic mass is 10.1. The molecule has 0 aromatic carbocycles. The molecule has 0 atom stereocenters. The van der Waals surface area contributed by atoms with Crippen LogP contribution < -0.4 is 0 Å². The number of hydrogen-bond acceptors (Lipinski definition) is 1. The summed E-state index contributed by atoms with van der Waals surface area (Å²) in [6.07, 6.45) is 10.3. The Morgan fingerprint density at radius 3 is 2.82 bits per heavy atom. The Labute approximate surface area is 104 Å². The van der Waals surface area contributed by atoms with Gasteiger partial charge in [-0.05, 0) is 31.4 Å². The van der Waals surface area contributed by atoms with E-state index in [0.717, 1.165) is 24.2 Å². The van der Waals surface area contributed by atoms with E-state index in [1.807, 2.05) is 32.9 Å². The molecule has 0 saturated carbocycles. The van der Waals surface area contributed by atoms with Gasteiger partial charge in [-0.1, -0.05) is 44.7 Å². The molecule has 0 fully saturated rings. The summed E-state index contributed by atoms with van der Waals surface area (Å²) in [4.78, 5) is 0. The minimum Gasteiger partial charge on any atom is -0.269 e. The topological polar surface area (TPSA) is 17.8 Å². The first-order valence-electron chi connectivity index (χ1n) is 6.37. The summed E-state index contributed by atoms with van der Waals surface area (Å²) in [6.45, 7) is 10.8. The van der Waals surface area contributed by atoms with Crippen molar-refractivity contribution >= 4 is 5.57 Å². The third-order valence-corrected chi connectivity index (χ3v) is 2.68. The molecule has 17 heavy (non-hydrogen) atoms.